The Bertz CT molecular complexity index is 127. The van der Waals surface area contributed by atoms with Gasteiger partial charge in [0.25, 0.3) is 0 Å². The van der Waals surface area contributed by atoms with E-state index in [2.05, 4.69) is 22.9 Å². The first kappa shape index (κ1) is 7.26. The summed E-state index contributed by atoms with van der Waals surface area (Å²) in [6, 6.07) is 0. The lowest BCUT2D eigenvalue weighted by Gasteiger charge is -2.06. The van der Waals surface area contributed by atoms with Crippen molar-refractivity contribution in [1.82, 2.24) is 0 Å². The van der Waals surface area contributed by atoms with Crippen molar-refractivity contribution in [3.05, 3.63) is 0 Å². The van der Waals surface area contributed by atoms with Gasteiger partial charge in [-0.25, -0.2) is 0 Å². The van der Waals surface area contributed by atoms with Crippen LogP contribution in [0, 0.1) is 5.41 Å². The standard InChI is InChI=1S/C7H11BrO/c1-2-7(3-4-7)6(9)5-8/h2-5H2,1H3. The Morgan fingerprint density at radius 2 is 2.22 bits per heavy atom. The lowest BCUT2D eigenvalue weighted by Crippen LogP contribution is -2.15. The molecule has 0 aromatic carbocycles. The fourth-order valence-corrected chi connectivity index (χ4v) is 1.72. The summed E-state index contributed by atoms with van der Waals surface area (Å²) in [6.45, 7) is 2.09. The molecule has 1 aliphatic carbocycles. The van der Waals surface area contributed by atoms with E-state index >= 15 is 0 Å². The van der Waals surface area contributed by atoms with E-state index in [-0.39, 0.29) is 5.41 Å². The van der Waals surface area contributed by atoms with Gasteiger partial charge in [0.2, 0.25) is 0 Å². The summed E-state index contributed by atoms with van der Waals surface area (Å²) in [7, 11) is 0. The highest BCUT2D eigenvalue weighted by atomic mass is 79.9. The van der Waals surface area contributed by atoms with Gasteiger partial charge in [-0.3, -0.25) is 4.79 Å². The summed E-state index contributed by atoms with van der Waals surface area (Å²) >= 11 is 3.18. The highest BCUT2D eigenvalue weighted by molar-refractivity contribution is 9.09. The average Bonchev–Trinajstić information content (AvgIpc) is 2.66. The highest BCUT2D eigenvalue weighted by Crippen LogP contribution is 2.49. The van der Waals surface area contributed by atoms with Crippen LogP contribution >= 0.6 is 15.9 Å². The number of halogens is 1. The van der Waals surface area contributed by atoms with Crippen LogP contribution in [0.5, 0.6) is 0 Å². The molecule has 1 saturated carbocycles. The van der Waals surface area contributed by atoms with Gasteiger partial charge in [0.15, 0.2) is 0 Å². The molecule has 0 atom stereocenters. The summed E-state index contributed by atoms with van der Waals surface area (Å²) in [5.74, 6) is 0.394. The van der Waals surface area contributed by atoms with Gasteiger partial charge in [0.05, 0.1) is 5.33 Å². The number of hydrogen-bond acceptors (Lipinski definition) is 1. The predicted octanol–water partition coefficient (Wildman–Crippen LogP) is 2.14. The predicted molar refractivity (Wildman–Crippen MR) is 40.8 cm³/mol. The molecule has 0 N–H and O–H groups in total. The van der Waals surface area contributed by atoms with Crippen molar-refractivity contribution in [1.29, 1.82) is 0 Å². The fraction of sp³-hybridized carbons (Fsp3) is 0.857. The molecule has 0 heterocycles. The fourth-order valence-electron chi connectivity index (χ4n) is 1.12. The Labute approximate surface area is 64.0 Å². The number of alkyl halides is 1. The highest BCUT2D eigenvalue weighted by Gasteiger charge is 2.46. The van der Waals surface area contributed by atoms with Crippen LogP contribution in [0.4, 0.5) is 0 Å². The minimum atomic E-state index is 0.115. The van der Waals surface area contributed by atoms with Crippen molar-refractivity contribution >= 4 is 21.7 Å². The third-order valence-corrected chi connectivity index (χ3v) is 2.75. The number of Topliss-reactive ketones (excluding diaryl/α,β-unsaturated/α-hetero) is 1. The quantitative estimate of drug-likeness (QED) is 0.624. The number of carbonyl (C=O) groups excluding carboxylic acids is 1. The van der Waals surface area contributed by atoms with Crippen molar-refractivity contribution in [3.63, 3.8) is 0 Å². The molecule has 2 heteroatoms. The van der Waals surface area contributed by atoms with Crippen molar-refractivity contribution < 1.29 is 4.79 Å². The first-order valence-electron chi connectivity index (χ1n) is 3.34. The van der Waals surface area contributed by atoms with Crippen LogP contribution in [0.15, 0.2) is 0 Å². The summed E-state index contributed by atoms with van der Waals surface area (Å²) < 4.78 is 0. The molecule has 0 aliphatic heterocycles. The van der Waals surface area contributed by atoms with Gasteiger partial charge in [-0.15, -0.1) is 0 Å². The monoisotopic (exact) mass is 190 g/mol. The Kier molecular flexibility index (Phi) is 1.94. The molecule has 0 amide bonds. The molecule has 0 spiro atoms. The molecule has 1 rings (SSSR count). The van der Waals surface area contributed by atoms with Crippen LogP contribution in [-0.2, 0) is 4.79 Å². The van der Waals surface area contributed by atoms with Crippen LogP contribution in [0.3, 0.4) is 0 Å². The van der Waals surface area contributed by atoms with Crippen molar-refractivity contribution in [3.8, 4) is 0 Å². The van der Waals surface area contributed by atoms with Gasteiger partial charge in [-0.05, 0) is 19.3 Å². The van der Waals surface area contributed by atoms with E-state index in [1.54, 1.807) is 0 Å². The number of ketones is 1. The van der Waals surface area contributed by atoms with Crippen LogP contribution in [0.1, 0.15) is 26.2 Å². The number of rotatable bonds is 3. The first-order valence-corrected chi connectivity index (χ1v) is 4.46. The van der Waals surface area contributed by atoms with Gasteiger partial charge < -0.3 is 0 Å². The smallest absolute Gasteiger partial charge is 0.149 e. The zero-order valence-corrected chi connectivity index (χ0v) is 7.20. The molecule has 0 aromatic heterocycles. The molecule has 1 nitrogen and oxygen atoms in total. The molecule has 0 unspecified atom stereocenters. The molecule has 1 aliphatic rings. The summed E-state index contributed by atoms with van der Waals surface area (Å²) in [4.78, 5) is 11.1. The van der Waals surface area contributed by atoms with Crippen LogP contribution < -0.4 is 0 Å². The third kappa shape index (κ3) is 1.18. The molecular formula is C7H11BrO. The lowest BCUT2D eigenvalue weighted by molar-refractivity contribution is -0.121. The maximum Gasteiger partial charge on any atom is 0.149 e. The maximum atomic E-state index is 11.1. The first-order chi connectivity index (χ1) is 4.25. The van der Waals surface area contributed by atoms with Crippen LogP contribution in [0.25, 0.3) is 0 Å². The van der Waals surface area contributed by atoms with Crippen molar-refractivity contribution in [2.75, 3.05) is 5.33 Å². The summed E-state index contributed by atoms with van der Waals surface area (Å²) in [5.41, 5.74) is 0.115. The van der Waals surface area contributed by atoms with Crippen molar-refractivity contribution in [2.45, 2.75) is 26.2 Å². The maximum absolute atomic E-state index is 11.1. The van der Waals surface area contributed by atoms with Gasteiger partial charge >= 0.3 is 0 Å². The van der Waals surface area contributed by atoms with Crippen LogP contribution in [0.2, 0.25) is 0 Å². The van der Waals surface area contributed by atoms with Gasteiger partial charge in [-0.1, -0.05) is 22.9 Å². The van der Waals surface area contributed by atoms with Crippen molar-refractivity contribution in [2.24, 2.45) is 5.41 Å². The summed E-state index contributed by atoms with van der Waals surface area (Å²) in [5, 5.41) is 0.542. The van der Waals surface area contributed by atoms with E-state index in [1.807, 2.05) is 0 Å². The SMILES string of the molecule is CCC1(C(=O)CBr)CC1. The molecule has 0 saturated heterocycles. The van der Waals surface area contributed by atoms with E-state index < -0.39 is 0 Å². The molecule has 9 heavy (non-hydrogen) atoms. The number of hydrogen-bond donors (Lipinski definition) is 0. The van der Waals surface area contributed by atoms with Gasteiger partial charge in [0.1, 0.15) is 5.78 Å². The van der Waals surface area contributed by atoms with Crippen LogP contribution in [-0.4, -0.2) is 11.1 Å². The Morgan fingerprint density at radius 1 is 1.67 bits per heavy atom. The third-order valence-electron chi connectivity index (χ3n) is 2.24. The Morgan fingerprint density at radius 3 is 2.33 bits per heavy atom. The van der Waals surface area contributed by atoms with E-state index in [0.29, 0.717) is 11.1 Å². The Balaban J connectivity index is 2.49. The largest absolute Gasteiger partial charge is 0.298 e. The summed E-state index contributed by atoms with van der Waals surface area (Å²) in [6.07, 6.45) is 3.26. The second-order valence-electron chi connectivity index (χ2n) is 2.69. The molecule has 0 bridgehead atoms. The topological polar surface area (TPSA) is 17.1 Å². The van der Waals surface area contributed by atoms with E-state index in [4.69, 9.17) is 0 Å². The van der Waals surface area contributed by atoms with E-state index in [1.165, 1.54) is 0 Å². The zero-order valence-electron chi connectivity index (χ0n) is 5.61. The zero-order chi connectivity index (χ0) is 6.91. The normalized spacial score (nSPS) is 21.6. The van der Waals surface area contributed by atoms with E-state index in [0.717, 1.165) is 19.3 Å². The molecule has 52 valence electrons. The van der Waals surface area contributed by atoms with Gasteiger partial charge in [0, 0.05) is 5.41 Å². The minimum Gasteiger partial charge on any atom is -0.298 e. The number of carbonyl (C=O) groups is 1. The van der Waals surface area contributed by atoms with E-state index in [9.17, 15) is 4.79 Å². The Hall–Kier alpha value is 0.150. The van der Waals surface area contributed by atoms with Gasteiger partial charge in [-0.2, -0.15) is 0 Å². The molecule has 0 radical (unpaired) electrons. The molecule has 1 fully saturated rings. The second-order valence-corrected chi connectivity index (χ2v) is 3.25. The minimum absolute atomic E-state index is 0.115. The lowest BCUT2D eigenvalue weighted by atomic mass is 9.99. The molecular weight excluding hydrogens is 180 g/mol. The second kappa shape index (κ2) is 2.41. The average molecular weight is 191 g/mol. The molecule has 0 aromatic rings.